The fourth-order valence-corrected chi connectivity index (χ4v) is 2.53. The second kappa shape index (κ2) is 4.65. The number of carbonyl (C=O) groups excluding carboxylic acids is 1. The number of aromatic nitrogens is 2. The smallest absolute Gasteiger partial charge is 0.196 e. The maximum Gasteiger partial charge on any atom is 0.196 e. The Morgan fingerprint density at radius 1 is 1.56 bits per heavy atom. The van der Waals surface area contributed by atoms with E-state index in [2.05, 4.69) is 23.7 Å². The van der Waals surface area contributed by atoms with Gasteiger partial charge in [-0.05, 0) is 13.3 Å². The molecule has 2 aromatic heterocycles. The maximum atomic E-state index is 11.1. The second-order valence-electron chi connectivity index (χ2n) is 3.57. The van der Waals surface area contributed by atoms with E-state index in [1.54, 1.807) is 11.3 Å². The quantitative estimate of drug-likeness (QED) is 0.750. The van der Waals surface area contributed by atoms with Gasteiger partial charge in [0.25, 0.3) is 0 Å². The fraction of sp³-hybridized carbons (Fsp3) is 0.455. The molecule has 0 N–H and O–H groups in total. The molecule has 0 aromatic carbocycles. The van der Waals surface area contributed by atoms with Crippen LogP contribution in [0.3, 0.4) is 0 Å². The molecule has 2 aromatic rings. The predicted octanol–water partition coefficient (Wildman–Crippen LogP) is 2.44. The average Bonchev–Trinajstić information content (AvgIpc) is 2.85. The van der Waals surface area contributed by atoms with Crippen molar-refractivity contribution >= 4 is 28.4 Å². The van der Waals surface area contributed by atoms with Crippen LogP contribution in [0.4, 0.5) is 5.82 Å². The van der Waals surface area contributed by atoms with Crippen LogP contribution >= 0.6 is 11.3 Å². The Morgan fingerprint density at radius 2 is 2.38 bits per heavy atom. The molecule has 0 saturated heterocycles. The van der Waals surface area contributed by atoms with Crippen molar-refractivity contribution in [2.45, 2.75) is 20.3 Å². The molecule has 0 fully saturated rings. The average molecular weight is 237 g/mol. The zero-order valence-electron chi connectivity index (χ0n) is 9.51. The summed E-state index contributed by atoms with van der Waals surface area (Å²) in [5.74, 6) is 0.811. The third kappa shape index (κ3) is 1.71. The van der Waals surface area contributed by atoms with Gasteiger partial charge in [-0.3, -0.25) is 9.20 Å². The molecule has 0 aliphatic carbocycles. The van der Waals surface area contributed by atoms with Crippen LogP contribution in [0.5, 0.6) is 0 Å². The Kier molecular flexibility index (Phi) is 3.24. The number of anilines is 1. The van der Waals surface area contributed by atoms with Gasteiger partial charge in [0, 0.05) is 24.7 Å². The highest BCUT2D eigenvalue weighted by Crippen LogP contribution is 2.23. The Labute approximate surface area is 98.5 Å². The summed E-state index contributed by atoms with van der Waals surface area (Å²) in [5, 5.41) is 1.94. The summed E-state index contributed by atoms with van der Waals surface area (Å²) in [4.78, 5) is 18.7. The van der Waals surface area contributed by atoms with Crippen molar-refractivity contribution in [2.24, 2.45) is 0 Å². The molecule has 0 amide bonds. The van der Waals surface area contributed by atoms with Gasteiger partial charge in [0.05, 0.1) is 0 Å². The highest BCUT2D eigenvalue weighted by Gasteiger charge is 2.16. The normalized spacial score (nSPS) is 10.9. The second-order valence-corrected chi connectivity index (χ2v) is 4.45. The molecular formula is C11H15N3OS. The van der Waals surface area contributed by atoms with Crippen LogP contribution < -0.4 is 4.90 Å². The number of aldehydes is 1. The molecule has 2 heterocycles. The molecule has 0 unspecified atom stereocenters. The van der Waals surface area contributed by atoms with Crippen LogP contribution in [0.1, 0.15) is 30.8 Å². The molecule has 0 bridgehead atoms. The van der Waals surface area contributed by atoms with E-state index in [9.17, 15) is 4.79 Å². The summed E-state index contributed by atoms with van der Waals surface area (Å²) in [5.41, 5.74) is 0.659. The van der Waals surface area contributed by atoms with Gasteiger partial charge in [-0.15, -0.1) is 11.3 Å². The Hall–Kier alpha value is -1.36. The van der Waals surface area contributed by atoms with Gasteiger partial charge in [-0.2, -0.15) is 0 Å². The van der Waals surface area contributed by atoms with Crippen LogP contribution in [0, 0.1) is 0 Å². The van der Waals surface area contributed by atoms with E-state index in [0.29, 0.717) is 5.69 Å². The standard InChI is InChI=1S/C11H15N3OS/c1-3-5-13(4-2)10-9(8-15)14-6-7-16-11(14)12-10/h6-8H,3-5H2,1-2H3. The van der Waals surface area contributed by atoms with Crippen molar-refractivity contribution in [3.8, 4) is 0 Å². The summed E-state index contributed by atoms with van der Waals surface area (Å²) in [6.45, 7) is 6.01. The molecule has 4 nitrogen and oxygen atoms in total. The topological polar surface area (TPSA) is 37.6 Å². The first-order valence-corrected chi connectivity index (χ1v) is 6.35. The molecule has 2 rings (SSSR count). The molecule has 0 atom stereocenters. The van der Waals surface area contributed by atoms with Crippen LogP contribution in [0.15, 0.2) is 11.6 Å². The molecule has 0 aliphatic rings. The first kappa shape index (κ1) is 11.1. The largest absolute Gasteiger partial charge is 0.355 e. The lowest BCUT2D eigenvalue weighted by atomic mass is 10.3. The van der Waals surface area contributed by atoms with Crippen LogP contribution in [0.25, 0.3) is 4.96 Å². The van der Waals surface area contributed by atoms with E-state index in [4.69, 9.17) is 0 Å². The molecule has 0 radical (unpaired) electrons. The summed E-state index contributed by atoms with van der Waals surface area (Å²) < 4.78 is 1.85. The number of fused-ring (bicyclic) bond motifs is 1. The highest BCUT2D eigenvalue weighted by atomic mass is 32.1. The van der Waals surface area contributed by atoms with Gasteiger partial charge in [-0.25, -0.2) is 4.98 Å². The van der Waals surface area contributed by atoms with Crippen molar-refractivity contribution in [3.63, 3.8) is 0 Å². The Balaban J connectivity index is 2.48. The lowest BCUT2D eigenvalue weighted by molar-refractivity contribution is 0.111. The first-order chi connectivity index (χ1) is 7.81. The van der Waals surface area contributed by atoms with Crippen molar-refractivity contribution in [2.75, 3.05) is 18.0 Å². The van der Waals surface area contributed by atoms with Gasteiger partial charge in [-0.1, -0.05) is 6.92 Å². The molecular weight excluding hydrogens is 222 g/mol. The molecule has 16 heavy (non-hydrogen) atoms. The van der Waals surface area contributed by atoms with Gasteiger partial charge >= 0.3 is 0 Å². The zero-order chi connectivity index (χ0) is 11.5. The third-order valence-corrected chi connectivity index (χ3v) is 3.32. The van der Waals surface area contributed by atoms with Crippen LogP contribution in [0.2, 0.25) is 0 Å². The van der Waals surface area contributed by atoms with E-state index in [-0.39, 0.29) is 0 Å². The lowest BCUT2D eigenvalue weighted by Crippen LogP contribution is -2.24. The van der Waals surface area contributed by atoms with Crippen molar-refractivity contribution in [3.05, 3.63) is 17.3 Å². The molecule has 0 spiro atoms. The minimum absolute atomic E-state index is 0.659. The SMILES string of the molecule is CCCN(CC)c1nc2sccn2c1C=O. The lowest BCUT2D eigenvalue weighted by Gasteiger charge is -2.19. The Bertz CT molecular complexity index is 488. The van der Waals surface area contributed by atoms with Gasteiger partial charge < -0.3 is 4.90 Å². The predicted molar refractivity (Wildman–Crippen MR) is 66.6 cm³/mol. The summed E-state index contributed by atoms with van der Waals surface area (Å²) in [7, 11) is 0. The number of hydrogen-bond acceptors (Lipinski definition) is 4. The van der Waals surface area contributed by atoms with Gasteiger partial charge in [0.15, 0.2) is 17.1 Å². The van der Waals surface area contributed by atoms with E-state index in [0.717, 1.165) is 36.6 Å². The van der Waals surface area contributed by atoms with Crippen molar-refractivity contribution in [1.82, 2.24) is 9.38 Å². The molecule has 0 aliphatic heterocycles. The number of rotatable bonds is 5. The number of hydrogen-bond donors (Lipinski definition) is 0. The number of carbonyl (C=O) groups is 1. The monoisotopic (exact) mass is 237 g/mol. The van der Waals surface area contributed by atoms with E-state index < -0.39 is 0 Å². The van der Waals surface area contributed by atoms with Crippen molar-refractivity contribution in [1.29, 1.82) is 0 Å². The highest BCUT2D eigenvalue weighted by molar-refractivity contribution is 7.15. The summed E-state index contributed by atoms with van der Waals surface area (Å²) in [6, 6.07) is 0. The van der Waals surface area contributed by atoms with Gasteiger partial charge in [0.2, 0.25) is 0 Å². The maximum absolute atomic E-state index is 11.1. The summed E-state index contributed by atoms with van der Waals surface area (Å²) >= 11 is 1.55. The summed E-state index contributed by atoms with van der Waals surface area (Å²) in [6.07, 6.45) is 3.83. The molecule has 5 heteroatoms. The molecule has 86 valence electrons. The minimum atomic E-state index is 0.659. The van der Waals surface area contributed by atoms with Crippen molar-refractivity contribution < 1.29 is 4.79 Å². The van der Waals surface area contributed by atoms with E-state index in [1.165, 1.54) is 0 Å². The first-order valence-electron chi connectivity index (χ1n) is 5.47. The third-order valence-electron chi connectivity index (χ3n) is 2.57. The van der Waals surface area contributed by atoms with Crippen LogP contribution in [-0.2, 0) is 0 Å². The Morgan fingerprint density at radius 3 is 3.00 bits per heavy atom. The van der Waals surface area contributed by atoms with Gasteiger partial charge in [0.1, 0.15) is 5.69 Å². The number of thiazole rings is 1. The molecule has 0 saturated carbocycles. The van der Waals surface area contributed by atoms with E-state index in [1.807, 2.05) is 16.0 Å². The number of nitrogens with zero attached hydrogens (tertiary/aromatic N) is 3. The van der Waals surface area contributed by atoms with E-state index >= 15 is 0 Å². The van der Waals surface area contributed by atoms with Crippen LogP contribution in [-0.4, -0.2) is 28.8 Å². The number of imidazole rings is 1. The zero-order valence-corrected chi connectivity index (χ0v) is 10.3. The minimum Gasteiger partial charge on any atom is -0.355 e. The fourth-order valence-electron chi connectivity index (χ4n) is 1.82.